The summed E-state index contributed by atoms with van der Waals surface area (Å²) in [5, 5.41) is 9.40. The van der Waals surface area contributed by atoms with Gasteiger partial charge in [-0.05, 0) is 21.1 Å². The molecular formula is C9H22N2O2. The quantitative estimate of drug-likeness (QED) is 0.586. The molecule has 1 N–H and O–H groups in total. The lowest BCUT2D eigenvalue weighted by Crippen LogP contribution is -2.36. The molecule has 0 aliphatic carbocycles. The second kappa shape index (κ2) is 7.26. The maximum atomic E-state index is 9.40. The zero-order chi connectivity index (χ0) is 10.3. The molecule has 0 saturated heterocycles. The van der Waals surface area contributed by atoms with Crippen molar-refractivity contribution in [2.75, 3.05) is 54.5 Å². The first-order chi connectivity index (χ1) is 6.06. The Morgan fingerprint density at radius 2 is 1.85 bits per heavy atom. The molecule has 0 rings (SSSR count). The van der Waals surface area contributed by atoms with Gasteiger partial charge in [0.05, 0.1) is 12.7 Å². The van der Waals surface area contributed by atoms with Crippen molar-refractivity contribution in [1.29, 1.82) is 0 Å². The van der Waals surface area contributed by atoms with E-state index in [1.807, 2.05) is 21.1 Å². The summed E-state index contributed by atoms with van der Waals surface area (Å²) in [5.74, 6) is 0. The standard InChI is InChI=1S/C9H22N2O2/c1-10(2)5-6-11(3)7-9(12)8-13-4/h9,12H,5-8H2,1-4H3. The molecule has 0 aromatic heterocycles. The van der Waals surface area contributed by atoms with Crippen molar-refractivity contribution in [3.8, 4) is 0 Å². The van der Waals surface area contributed by atoms with Crippen molar-refractivity contribution in [3.05, 3.63) is 0 Å². The van der Waals surface area contributed by atoms with Crippen LogP contribution in [0.15, 0.2) is 0 Å². The van der Waals surface area contributed by atoms with Crippen LogP contribution in [0.5, 0.6) is 0 Å². The third kappa shape index (κ3) is 8.18. The first kappa shape index (κ1) is 12.8. The molecule has 0 aromatic carbocycles. The van der Waals surface area contributed by atoms with Crippen LogP contribution >= 0.6 is 0 Å². The van der Waals surface area contributed by atoms with Gasteiger partial charge in [-0.25, -0.2) is 0 Å². The van der Waals surface area contributed by atoms with Crippen molar-refractivity contribution in [1.82, 2.24) is 9.80 Å². The smallest absolute Gasteiger partial charge is 0.0899 e. The molecule has 0 fully saturated rings. The van der Waals surface area contributed by atoms with E-state index in [1.165, 1.54) is 0 Å². The van der Waals surface area contributed by atoms with Gasteiger partial charge in [0.15, 0.2) is 0 Å². The van der Waals surface area contributed by atoms with Gasteiger partial charge in [0.1, 0.15) is 0 Å². The number of likely N-dealkylation sites (N-methyl/N-ethyl adjacent to an activating group) is 2. The van der Waals surface area contributed by atoms with E-state index >= 15 is 0 Å². The number of nitrogens with zero attached hydrogens (tertiary/aromatic N) is 2. The summed E-state index contributed by atoms with van der Waals surface area (Å²) in [4.78, 5) is 4.23. The zero-order valence-corrected chi connectivity index (χ0v) is 9.16. The number of methoxy groups -OCH3 is 1. The zero-order valence-electron chi connectivity index (χ0n) is 9.16. The Morgan fingerprint density at radius 1 is 1.23 bits per heavy atom. The van der Waals surface area contributed by atoms with Crippen LogP contribution in [-0.4, -0.2) is 75.5 Å². The molecule has 0 radical (unpaired) electrons. The number of hydrogen-bond acceptors (Lipinski definition) is 4. The van der Waals surface area contributed by atoms with E-state index in [0.29, 0.717) is 13.2 Å². The second-order valence-electron chi connectivity index (χ2n) is 3.67. The molecule has 0 bridgehead atoms. The number of aliphatic hydroxyl groups is 1. The molecule has 0 spiro atoms. The van der Waals surface area contributed by atoms with Crippen LogP contribution in [0.3, 0.4) is 0 Å². The number of ether oxygens (including phenoxy) is 1. The second-order valence-corrected chi connectivity index (χ2v) is 3.67. The summed E-state index contributed by atoms with van der Waals surface area (Å²) in [6.45, 7) is 3.05. The Hall–Kier alpha value is -0.160. The molecule has 13 heavy (non-hydrogen) atoms. The van der Waals surface area contributed by atoms with Crippen LogP contribution < -0.4 is 0 Å². The molecule has 0 amide bonds. The van der Waals surface area contributed by atoms with Gasteiger partial charge < -0.3 is 19.6 Å². The topological polar surface area (TPSA) is 35.9 Å². The molecule has 0 saturated carbocycles. The predicted molar refractivity (Wildman–Crippen MR) is 53.9 cm³/mol. The van der Waals surface area contributed by atoms with Gasteiger partial charge in [0, 0.05) is 26.7 Å². The average molecular weight is 190 g/mol. The molecule has 0 aromatic rings. The van der Waals surface area contributed by atoms with E-state index < -0.39 is 0 Å². The van der Waals surface area contributed by atoms with Gasteiger partial charge in [0.2, 0.25) is 0 Å². The summed E-state index contributed by atoms with van der Waals surface area (Å²) in [6, 6.07) is 0. The van der Waals surface area contributed by atoms with Crippen LogP contribution in [0.2, 0.25) is 0 Å². The largest absolute Gasteiger partial charge is 0.389 e. The molecule has 1 unspecified atom stereocenters. The molecule has 4 nitrogen and oxygen atoms in total. The third-order valence-electron chi connectivity index (χ3n) is 1.81. The molecule has 4 heteroatoms. The van der Waals surface area contributed by atoms with Crippen LogP contribution in [0.25, 0.3) is 0 Å². The fourth-order valence-electron chi connectivity index (χ4n) is 1.07. The normalized spacial score (nSPS) is 14.1. The van der Waals surface area contributed by atoms with Gasteiger partial charge in [-0.2, -0.15) is 0 Å². The maximum Gasteiger partial charge on any atom is 0.0899 e. The van der Waals surface area contributed by atoms with Crippen molar-refractivity contribution >= 4 is 0 Å². The molecule has 80 valence electrons. The maximum absolute atomic E-state index is 9.40. The molecule has 0 aliphatic heterocycles. The Balaban J connectivity index is 3.43. The summed E-state index contributed by atoms with van der Waals surface area (Å²) in [5.41, 5.74) is 0. The van der Waals surface area contributed by atoms with E-state index in [0.717, 1.165) is 13.1 Å². The van der Waals surface area contributed by atoms with Crippen molar-refractivity contribution in [3.63, 3.8) is 0 Å². The van der Waals surface area contributed by atoms with E-state index in [4.69, 9.17) is 4.74 Å². The van der Waals surface area contributed by atoms with E-state index in [1.54, 1.807) is 7.11 Å². The molecule has 1 atom stereocenters. The lowest BCUT2D eigenvalue weighted by Gasteiger charge is -2.21. The minimum absolute atomic E-state index is 0.378. The van der Waals surface area contributed by atoms with Gasteiger partial charge in [0.25, 0.3) is 0 Å². The lowest BCUT2D eigenvalue weighted by atomic mass is 10.3. The summed E-state index contributed by atoms with van der Waals surface area (Å²) in [7, 11) is 7.68. The fraction of sp³-hybridized carbons (Fsp3) is 1.00. The van der Waals surface area contributed by atoms with Gasteiger partial charge >= 0.3 is 0 Å². The van der Waals surface area contributed by atoms with Gasteiger partial charge in [-0.1, -0.05) is 0 Å². The number of hydrogen-bond donors (Lipinski definition) is 1. The van der Waals surface area contributed by atoms with E-state index in [2.05, 4.69) is 9.80 Å². The monoisotopic (exact) mass is 190 g/mol. The highest BCUT2D eigenvalue weighted by Gasteiger charge is 2.07. The first-order valence-electron chi connectivity index (χ1n) is 4.56. The first-order valence-corrected chi connectivity index (χ1v) is 4.56. The Labute approximate surface area is 81.1 Å². The average Bonchev–Trinajstić information content (AvgIpc) is 2.01. The van der Waals surface area contributed by atoms with E-state index in [-0.39, 0.29) is 6.10 Å². The SMILES string of the molecule is COCC(O)CN(C)CCN(C)C. The minimum Gasteiger partial charge on any atom is -0.389 e. The van der Waals surface area contributed by atoms with Crippen LogP contribution in [0, 0.1) is 0 Å². The predicted octanol–water partition coefficient (Wildman–Crippen LogP) is -0.513. The van der Waals surface area contributed by atoms with Gasteiger partial charge in [-0.3, -0.25) is 0 Å². The van der Waals surface area contributed by atoms with Crippen molar-refractivity contribution < 1.29 is 9.84 Å². The van der Waals surface area contributed by atoms with Crippen molar-refractivity contribution in [2.45, 2.75) is 6.10 Å². The summed E-state index contributed by atoms with van der Waals surface area (Å²) >= 11 is 0. The lowest BCUT2D eigenvalue weighted by molar-refractivity contribution is 0.0423. The summed E-state index contributed by atoms with van der Waals surface area (Å²) < 4.78 is 4.84. The van der Waals surface area contributed by atoms with Gasteiger partial charge in [-0.15, -0.1) is 0 Å². The fourth-order valence-corrected chi connectivity index (χ4v) is 1.07. The highest BCUT2D eigenvalue weighted by atomic mass is 16.5. The van der Waals surface area contributed by atoms with Crippen LogP contribution in [0.4, 0.5) is 0 Å². The van der Waals surface area contributed by atoms with Crippen LogP contribution in [-0.2, 0) is 4.74 Å². The Bertz CT molecular complexity index is 120. The minimum atomic E-state index is -0.378. The third-order valence-corrected chi connectivity index (χ3v) is 1.81. The van der Waals surface area contributed by atoms with Crippen molar-refractivity contribution in [2.24, 2.45) is 0 Å². The molecular weight excluding hydrogens is 168 g/mol. The van der Waals surface area contributed by atoms with Crippen LogP contribution in [0.1, 0.15) is 0 Å². The molecule has 0 aliphatic rings. The Kier molecular flexibility index (Phi) is 7.17. The highest BCUT2D eigenvalue weighted by Crippen LogP contribution is 1.90. The number of aliphatic hydroxyl groups excluding tert-OH is 1. The summed E-state index contributed by atoms with van der Waals surface area (Å²) in [6.07, 6.45) is -0.378. The highest BCUT2D eigenvalue weighted by molar-refractivity contribution is 4.61. The Morgan fingerprint density at radius 3 is 2.31 bits per heavy atom. The molecule has 0 heterocycles. The number of rotatable bonds is 7. The van der Waals surface area contributed by atoms with E-state index in [9.17, 15) is 5.11 Å².